The normalized spacial score (nSPS) is 19.1. The molecule has 1 saturated heterocycles. The Hall–Kier alpha value is -1.26. The van der Waals surface area contributed by atoms with Crippen LogP contribution in [0.2, 0.25) is 0 Å². The second-order valence-electron chi connectivity index (χ2n) is 7.00. The van der Waals surface area contributed by atoms with Gasteiger partial charge in [-0.25, -0.2) is 9.78 Å². The highest BCUT2D eigenvalue weighted by Crippen LogP contribution is 2.31. The number of ether oxygens (including phenoxy) is 1. The molecule has 1 aliphatic rings. The maximum atomic E-state index is 13.0. The summed E-state index contributed by atoms with van der Waals surface area (Å²) < 4.78 is 44.8. The molecule has 0 spiro atoms. The first-order valence-corrected chi connectivity index (χ1v) is 8.94. The van der Waals surface area contributed by atoms with Crippen molar-refractivity contribution in [2.24, 2.45) is 0 Å². The van der Waals surface area contributed by atoms with Gasteiger partial charge in [0.05, 0.1) is 0 Å². The topological polar surface area (TPSA) is 45.7 Å². The standard InChI is InChI=1S/C16H21F3IN3O2/c1-10-9-22(14(24)25-15(2,3)4)5-6-23(10)13-8-11(20)7-12(21-13)16(17,18)19/h7-8,10H,5-6,9H2,1-4H3/t10-/m0/s1. The van der Waals surface area contributed by atoms with Gasteiger partial charge in [0.1, 0.15) is 17.1 Å². The Bertz CT molecular complexity index is 646. The van der Waals surface area contributed by atoms with E-state index in [1.54, 1.807) is 36.6 Å². The number of halogens is 4. The molecular formula is C16H21F3IN3O2. The molecule has 140 valence electrons. The van der Waals surface area contributed by atoms with Crippen molar-refractivity contribution in [3.8, 4) is 0 Å². The predicted molar refractivity (Wildman–Crippen MR) is 96.6 cm³/mol. The molecule has 5 nitrogen and oxygen atoms in total. The first-order chi connectivity index (χ1) is 11.4. The molecule has 2 rings (SSSR count). The van der Waals surface area contributed by atoms with Crippen LogP contribution in [0.25, 0.3) is 0 Å². The van der Waals surface area contributed by atoms with Crippen LogP contribution in [-0.4, -0.2) is 47.3 Å². The highest BCUT2D eigenvalue weighted by atomic mass is 127. The SMILES string of the molecule is C[C@H]1CN(C(=O)OC(C)(C)C)CCN1c1cc(I)cc(C(F)(F)F)n1. The Morgan fingerprint density at radius 3 is 2.44 bits per heavy atom. The summed E-state index contributed by atoms with van der Waals surface area (Å²) in [6.07, 6.45) is -4.90. The molecule has 2 heterocycles. The smallest absolute Gasteiger partial charge is 0.433 e. The molecule has 0 aromatic carbocycles. The van der Waals surface area contributed by atoms with E-state index in [9.17, 15) is 18.0 Å². The van der Waals surface area contributed by atoms with Gasteiger partial charge in [0, 0.05) is 29.2 Å². The van der Waals surface area contributed by atoms with Gasteiger partial charge in [0.15, 0.2) is 0 Å². The van der Waals surface area contributed by atoms with Crippen molar-refractivity contribution >= 4 is 34.5 Å². The average molecular weight is 471 g/mol. The summed E-state index contributed by atoms with van der Waals surface area (Å²) in [7, 11) is 0. The van der Waals surface area contributed by atoms with Crippen LogP contribution in [0.4, 0.5) is 23.8 Å². The van der Waals surface area contributed by atoms with E-state index in [0.29, 0.717) is 23.2 Å². The Labute approximate surface area is 158 Å². The highest BCUT2D eigenvalue weighted by Gasteiger charge is 2.35. The number of carbonyl (C=O) groups is 1. The lowest BCUT2D eigenvalue weighted by Crippen LogP contribution is -2.54. The van der Waals surface area contributed by atoms with E-state index in [1.807, 2.05) is 29.5 Å². The molecule has 1 aromatic heterocycles. The number of hydrogen-bond acceptors (Lipinski definition) is 4. The lowest BCUT2D eigenvalue weighted by molar-refractivity contribution is -0.141. The van der Waals surface area contributed by atoms with Crippen molar-refractivity contribution in [3.63, 3.8) is 0 Å². The van der Waals surface area contributed by atoms with E-state index in [2.05, 4.69) is 4.98 Å². The average Bonchev–Trinajstić information content (AvgIpc) is 2.43. The number of aromatic nitrogens is 1. The Morgan fingerprint density at radius 2 is 1.92 bits per heavy atom. The third kappa shape index (κ3) is 5.35. The molecule has 0 unspecified atom stereocenters. The van der Waals surface area contributed by atoms with Crippen molar-refractivity contribution in [2.75, 3.05) is 24.5 Å². The number of rotatable bonds is 1. The molecule has 1 fully saturated rings. The first-order valence-electron chi connectivity index (χ1n) is 7.86. The molecule has 9 heteroatoms. The quantitative estimate of drug-likeness (QED) is 0.578. The van der Waals surface area contributed by atoms with Crippen LogP contribution in [0.3, 0.4) is 0 Å². The molecule has 0 N–H and O–H groups in total. The molecule has 25 heavy (non-hydrogen) atoms. The number of alkyl halides is 3. The van der Waals surface area contributed by atoms with E-state index >= 15 is 0 Å². The summed E-state index contributed by atoms with van der Waals surface area (Å²) in [5, 5.41) is 0. The zero-order chi connectivity index (χ0) is 19.0. The van der Waals surface area contributed by atoms with Gasteiger partial charge in [-0.15, -0.1) is 0 Å². The Balaban J connectivity index is 2.14. The van der Waals surface area contributed by atoms with Gasteiger partial charge in [0.2, 0.25) is 0 Å². The molecular weight excluding hydrogens is 450 g/mol. The van der Waals surface area contributed by atoms with Crippen LogP contribution in [-0.2, 0) is 10.9 Å². The molecule has 1 atom stereocenters. The Kier molecular flexibility index (Phi) is 5.75. The number of pyridine rings is 1. The van der Waals surface area contributed by atoms with Crippen LogP contribution in [0.5, 0.6) is 0 Å². The van der Waals surface area contributed by atoms with E-state index in [1.165, 1.54) is 0 Å². The summed E-state index contributed by atoms with van der Waals surface area (Å²) in [6.45, 7) is 8.35. The van der Waals surface area contributed by atoms with E-state index in [-0.39, 0.29) is 11.9 Å². The van der Waals surface area contributed by atoms with Crippen molar-refractivity contribution in [3.05, 3.63) is 21.4 Å². The van der Waals surface area contributed by atoms with Gasteiger partial charge in [-0.3, -0.25) is 0 Å². The molecule has 1 amide bonds. The summed E-state index contributed by atoms with van der Waals surface area (Å²) in [5.74, 6) is 0.274. The number of anilines is 1. The third-order valence-corrected chi connectivity index (χ3v) is 4.26. The predicted octanol–water partition coefficient (Wildman–Crippen LogP) is 4.15. The largest absolute Gasteiger partial charge is 0.444 e. The maximum absolute atomic E-state index is 13.0. The monoisotopic (exact) mass is 471 g/mol. The van der Waals surface area contributed by atoms with Crippen molar-refractivity contribution in [2.45, 2.75) is 45.5 Å². The molecule has 1 aromatic rings. The summed E-state index contributed by atoms with van der Waals surface area (Å²) in [6, 6.07) is 2.47. The second kappa shape index (κ2) is 7.16. The maximum Gasteiger partial charge on any atom is 0.433 e. The van der Waals surface area contributed by atoms with Crippen LogP contribution >= 0.6 is 22.6 Å². The van der Waals surface area contributed by atoms with Gasteiger partial charge in [-0.2, -0.15) is 13.2 Å². The lowest BCUT2D eigenvalue weighted by atomic mass is 10.2. The van der Waals surface area contributed by atoms with Crippen molar-refractivity contribution in [1.29, 1.82) is 0 Å². The van der Waals surface area contributed by atoms with E-state index in [0.717, 1.165) is 6.07 Å². The number of carbonyl (C=O) groups excluding carboxylic acids is 1. The van der Waals surface area contributed by atoms with E-state index in [4.69, 9.17) is 4.74 Å². The minimum absolute atomic E-state index is 0.173. The van der Waals surface area contributed by atoms with Gasteiger partial charge in [-0.1, -0.05) is 0 Å². The third-order valence-electron chi connectivity index (χ3n) is 3.64. The Morgan fingerprint density at radius 1 is 1.28 bits per heavy atom. The highest BCUT2D eigenvalue weighted by molar-refractivity contribution is 14.1. The number of nitrogens with zero attached hydrogens (tertiary/aromatic N) is 3. The molecule has 0 bridgehead atoms. The fourth-order valence-electron chi connectivity index (χ4n) is 2.57. The van der Waals surface area contributed by atoms with Crippen LogP contribution in [0, 0.1) is 3.57 Å². The number of hydrogen-bond donors (Lipinski definition) is 0. The molecule has 0 saturated carbocycles. The molecule has 0 aliphatic carbocycles. The minimum atomic E-state index is -4.49. The molecule has 0 radical (unpaired) electrons. The van der Waals surface area contributed by atoms with E-state index < -0.39 is 23.6 Å². The number of piperazine rings is 1. The number of amides is 1. The molecule has 1 aliphatic heterocycles. The summed E-state index contributed by atoms with van der Waals surface area (Å²) in [4.78, 5) is 19.3. The van der Waals surface area contributed by atoms with Gasteiger partial charge in [0.25, 0.3) is 0 Å². The van der Waals surface area contributed by atoms with Gasteiger partial charge in [-0.05, 0) is 62.4 Å². The fraction of sp³-hybridized carbons (Fsp3) is 0.625. The van der Waals surface area contributed by atoms with Crippen LogP contribution in [0.1, 0.15) is 33.4 Å². The van der Waals surface area contributed by atoms with Crippen LogP contribution in [0.15, 0.2) is 12.1 Å². The zero-order valence-electron chi connectivity index (χ0n) is 14.5. The van der Waals surface area contributed by atoms with Crippen molar-refractivity contribution in [1.82, 2.24) is 9.88 Å². The first kappa shape index (κ1) is 20.1. The fourth-order valence-corrected chi connectivity index (χ4v) is 3.14. The van der Waals surface area contributed by atoms with Gasteiger partial charge >= 0.3 is 12.3 Å². The second-order valence-corrected chi connectivity index (χ2v) is 8.24. The summed E-state index contributed by atoms with van der Waals surface area (Å²) >= 11 is 1.85. The van der Waals surface area contributed by atoms with Crippen LogP contribution < -0.4 is 4.90 Å². The zero-order valence-corrected chi connectivity index (χ0v) is 16.7. The summed E-state index contributed by atoms with van der Waals surface area (Å²) in [5.41, 5.74) is -1.49. The van der Waals surface area contributed by atoms with Gasteiger partial charge < -0.3 is 14.5 Å². The minimum Gasteiger partial charge on any atom is -0.444 e. The van der Waals surface area contributed by atoms with Crippen molar-refractivity contribution < 1.29 is 22.7 Å². The lowest BCUT2D eigenvalue weighted by Gasteiger charge is -2.41.